The van der Waals surface area contributed by atoms with Crippen molar-refractivity contribution in [3.63, 3.8) is 0 Å². The fourth-order valence-electron chi connectivity index (χ4n) is 1.08. The fraction of sp³-hybridized carbons (Fsp3) is 0.250. The van der Waals surface area contributed by atoms with Gasteiger partial charge < -0.3 is 14.8 Å². The number of hydrogen-bond acceptors (Lipinski definition) is 6. The largest absolute Gasteiger partial charge is 0.467 e. The Morgan fingerprint density at radius 1 is 1.64 bits per heavy atom. The van der Waals surface area contributed by atoms with Crippen LogP contribution in [0.3, 0.4) is 0 Å². The fourth-order valence-corrected chi connectivity index (χ4v) is 1.57. The van der Waals surface area contributed by atoms with Gasteiger partial charge in [-0.1, -0.05) is 0 Å². The molecule has 74 valence electrons. The van der Waals surface area contributed by atoms with Gasteiger partial charge in [-0.05, 0) is 12.1 Å². The predicted octanol–water partition coefficient (Wildman–Crippen LogP) is 1.28. The number of aliphatic hydroxyl groups excluding tert-OH is 1. The van der Waals surface area contributed by atoms with Crippen LogP contribution in [0.5, 0.6) is 0 Å². The summed E-state index contributed by atoms with van der Waals surface area (Å²) in [5.41, 5.74) is 0. The highest BCUT2D eigenvalue weighted by atomic mass is 32.1. The minimum Gasteiger partial charge on any atom is -0.467 e. The molecule has 2 aromatic heterocycles. The second kappa shape index (κ2) is 4.21. The van der Waals surface area contributed by atoms with Crippen LogP contribution in [0.1, 0.15) is 11.8 Å². The molecule has 0 fully saturated rings. The molecule has 0 spiro atoms. The zero-order valence-electron chi connectivity index (χ0n) is 7.25. The summed E-state index contributed by atoms with van der Waals surface area (Å²) in [4.78, 5) is 3.96. The van der Waals surface area contributed by atoms with Crippen LogP contribution in [0, 0.1) is 0 Å². The Bertz CT molecular complexity index is 360. The van der Waals surface area contributed by atoms with Crippen molar-refractivity contribution in [1.29, 1.82) is 0 Å². The summed E-state index contributed by atoms with van der Waals surface area (Å²) in [5, 5.41) is 12.8. The summed E-state index contributed by atoms with van der Waals surface area (Å²) in [6, 6.07) is 3.31. The molecule has 0 aromatic carbocycles. The lowest BCUT2D eigenvalue weighted by molar-refractivity contribution is 0.261. The highest BCUT2D eigenvalue weighted by Crippen LogP contribution is 2.19. The maximum atomic E-state index is 9.13. The molecule has 0 amide bonds. The van der Waals surface area contributed by atoms with Crippen molar-refractivity contribution in [2.75, 3.05) is 11.9 Å². The third-order valence-electron chi connectivity index (χ3n) is 1.73. The van der Waals surface area contributed by atoms with Crippen molar-refractivity contribution in [3.8, 4) is 0 Å². The van der Waals surface area contributed by atoms with Crippen molar-refractivity contribution in [3.05, 3.63) is 30.5 Å². The number of hydrogen-bond donors (Lipinski definition) is 2. The van der Waals surface area contributed by atoms with Gasteiger partial charge in [-0.2, -0.15) is 4.37 Å². The second-order valence-corrected chi connectivity index (χ2v) is 3.42. The summed E-state index contributed by atoms with van der Waals surface area (Å²) in [7, 11) is 0. The predicted molar refractivity (Wildman–Crippen MR) is 52.1 cm³/mol. The molecule has 2 aromatic rings. The van der Waals surface area contributed by atoms with Crippen LogP contribution in [-0.4, -0.2) is 21.1 Å². The molecule has 0 radical (unpaired) electrons. The van der Waals surface area contributed by atoms with Crippen molar-refractivity contribution in [2.24, 2.45) is 0 Å². The monoisotopic (exact) mass is 211 g/mol. The molecule has 2 rings (SSSR count). The van der Waals surface area contributed by atoms with E-state index >= 15 is 0 Å². The molecule has 14 heavy (non-hydrogen) atoms. The van der Waals surface area contributed by atoms with Gasteiger partial charge in [-0.3, -0.25) is 0 Å². The van der Waals surface area contributed by atoms with Gasteiger partial charge in [0.15, 0.2) is 0 Å². The van der Waals surface area contributed by atoms with Gasteiger partial charge in [0, 0.05) is 11.5 Å². The Kier molecular flexibility index (Phi) is 2.76. The Hall–Kier alpha value is -1.40. The molecular formula is C8H9N3O2S. The number of furan rings is 1. The first kappa shape index (κ1) is 9.17. The van der Waals surface area contributed by atoms with Crippen LogP contribution in [0.4, 0.5) is 5.13 Å². The number of anilines is 1. The van der Waals surface area contributed by atoms with Crippen LogP contribution in [0.25, 0.3) is 0 Å². The third kappa shape index (κ3) is 1.91. The third-order valence-corrected chi connectivity index (χ3v) is 2.32. The maximum Gasteiger partial charge on any atom is 0.202 e. The summed E-state index contributed by atoms with van der Waals surface area (Å²) < 4.78 is 9.02. The highest BCUT2D eigenvalue weighted by molar-refractivity contribution is 7.09. The number of rotatable bonds is 4. The summed E-state index contributed by atoms with van der Waals surface area (Å²) in [5.74, 6) is 0.683. The minimum atomic E-state index is -0.266. The van der Waals surface area contributed by atoms with Gasteiger partial charge in [0.25, 0.3) is 0 Å². The van der Waals surface area contributed by atoms with Gasteiger partial charge >= 0.3 is 0 Å². The van der Waals surface area contributed by atoms with Crippen LogP contribution in [-0.2, 0) is 0 Å². The van der Waals surface area contributed by atoms with E-state index in [0.717, 1.165) is 0 Å². The van der Waals surface area contributed by atoms with Gasteiger partial charge in [-0.15, -0.1) is 0 Å². The molecule has 0 saturated heterocycles. The van der Waals surface area contributed by atoms with Crippen LogP contribution >= 0.6 is 11.5 Å². The number of nitrogens with one attached hydrogen (secondary N) is 1. The summed E-state index contributed by atoms with van der Waals surface area (Å²) >= 11 is 1.24. The molecule has 6 heteroatoms. The van der Waals surface area contributed by atoms with E-state index in [-0.39, 0.29) is 12.6 Å². The van der Waals surface area contributed by atoms with Crippen molar-refractivity contribution >= 4 is 16.7 Å². The van der Waals surface area contributed by atoms with Crippen molar-refractivity contribution in [1.82, 2.24) is 9.36 Å². The molecule has 0 aliphatic heterocycles. The summed E-state index contributed by atoms with van der Waals surface area (Å²) in [6.45, 7) is -0.0485. The van der Waals surface area contributed by atoms with Gasteiger partial charge in [-0.25, -0.2) is 4.98 Å². The van der Waals surface area contributed by atoms with Gasteiger partial charge in [0.2, 0.25) is 5.13 Å². The van der Waals surface area contributed by atoms with E-state index in [9.17, 15) is 0 Å². The topological polar surface area (TPSA) is 71.2 Å². The molecular weight excluding hydrogens is 202 g/mol. The zero-order valence-corrected chi connectivity index (χ0v) is 8.07. The Balaban J connectivity index is 2.08. The highest BCUT2D eigenvalue weighted by Gasteiger charge is 2.13. The molecule has 0 saturated carbocycles. The van der Waals surface area contributed by atoms with E-state index in [0.29, 0.717) is 10.9 Å². The smallest absolute Gasteiger partial charge is 0.202 e. The minimum absolute atomic E-state index is 0.0485. The normalized spacial score (nSPS) is 12.6. The molecule has 5 nitrogen and oxygen atoms in total. The SMILES string of the molecule is OCC(Nc1ncns1)c1ccco1. The molecule has 2 N–H and O–H groups in total. The first-order valence-corrected chi connectivity index (χ1v) is 4.85. The number of nitrogens with zero attached hydrogens (tertiary/aromatic N) is 2. The quantitative estimate of drug-likeness (QED) is 0.797. The standard InChI is InChI=1S/C8H9N3O2S/c12-4-6(7-2-1-3-13-7)11-8-9-5-10-14-8/h1-3,5-6,12H,4H2,(H,9,10,11). The molecule has 2 heterocycles. The van der Waals surface area contributed by atoms with E-state index < -0.39 is 0 Å². The molecule has 0 aliphatic rings. The average molecular weight is 211 g/mol. The Morgan fingerprint density at radius 2 is 2.57 bits per heavy atom. The van der Waals surface area contributed by atoms with E-state index in [1.807, 2.05) is 0 Å². The van der Waals surface area contributed by atoms with E-state index in [4.69, 9.17) is 9.52 Å². The first-order chi connectivity index (χ1) is 6.90. The van der Waals surface area contributed by atoms with E-state index in [1.54, 1.807) is 18.4 Å². The van der Waals surface area contributed by atoms with E-state index in [1.165, 1.54) is 17.9 Å². The van der Waals surface area contributed by atoms with Gasteiger partial charge in [0.05, 0.1) is 12.9 Å². The first-order valence-electron chi connectivity index (χ1n) is 4.07. The zero-order chi connectivity index (χ0) is 9.80. The van der Waals surface area contributed by atoms with Crippen LogP contribution in [0.15, 0.2) is 29.1 Å². The molecule has 1 unspecified atom stereocenters. The number of aromatic nitrogens is 2. The lowest BCUT2D eigenvalue weighted by Gasteiger charge is -2.11. The maximum absolute atomic E-state index is 9.13. The average Bonchev–Trinajstić information content (AvgIpc) is 2.86. The molecule has 0 aliphatic carbocycles. The van der Waals surface area contributed by atoms with Gasteiger partial charge in [0.1, 0.15) is 18.1 Å². The van der Waals surface area contributed by atoms with Crippen molar-refractivity contribution < 1.29 is 9.52 Å². The van der Waals surface area contributed by atoms with Crippen LogP contribution in [0.2, 0.25) is 0 Å². The Morgan fingerprint density at radius 3 is 3.14 bits per heavy atom. The second-order valence-electron chi connectivity index (χ2n) is 2.64. The lowest BCUT2D eigenvalue weighted by atomic mass is 10.2. The summed E-state index contributed by atoms with van der Waals surface area (Å²) in [6.07, 6.45) is 3.03. The molecule has 0 bridgehead atoms. The number of aliphatic hydroxyl groups is 1. The Labute approximate surface area is 84.6 Å². The van der Waals surface area contributed by atoms with Crippen molar-refractivity contribution in [2.45, 2.75) is 6.04 Å². The lowest BCUT2D eigenvalue weighted by Crippen LogP contribution is -2.13. The molecule has 1 atom stereocenters. The van der Waals surface area contributed by atoms with Crippen LogP contribution < -0.4 is 5.32 Å². The van der Waals surface area contributed by atoms with E-state index in [2.05, 4.69) is 14.7 Å².